The first-order valence-corrected chi connectivity index (χ1v) is 9.39. The smallest absolute Gasteiger partial charge is 0.352 e. The monoisotopic (exact) mass is 414 g/mol. The lowest BCUT2D eigenvalue weighted by Gasteiger charge is -2.28. The Bertz CT molecular complexity index is 714. The standard InChI is InChI=1S/C19H25F3N4O3/c1-12-2-4-13(5-3-12)10-23-16(27)15-8-6-14(7-9-15)11-24-18(29)26-25-17(28)19(20,21)22/h2-5,14-15H,6-11H2,1H3,(H,23,27)(H,25,28)(H2,24,26,29). The third-order valence-electron chi connectivity index (χ3n) is 4.90. The van der Waals surface area contributed by atoms with Gasteiger partial charge in [-0.15, -0.1) is 0 Å². The van der Waals surface area contributed by atoms with Gasteiger partial charge in [0.25, 0.3) is 0 Å². The predicted octanol–water partition coefficient (Wildman–Crippen LogP) is 2.31. The van der Waals surface area contributed by atoms with Crippen molar-refractivity contribution in [1.82, 2.24) is 21.5 Å². The van der Waals surface area contributed by atoms with Crippen molar-refractivity contribution in [3.63, 3.8) is 0 Å². The van der Waals surface area contributed by atoms with E-state index in [2.05, 4.69) is 10.6 Å². The molecule has 1 fully saturated rings. The van der Waals surface area contributed by atoms with E-state index in [0.717, 1.165) is 24.0 Å². The van der Waals surface area contributed by atoms with Crippen LogP contribution in [0.3, 0.4) is 0 Å². The van der Waals surface area contributed by atoms with Gasteiger partial charge in [0.2, 0.25) is 5.91 Å². The summed E-state index contributed by atoms with van der Waals surface area (Å²) in [7, 11) is 0. The number of halogens is 3. The summed E-state index contributed by atoms with van der Waals surface area (Å²) in [5.41, 5.74) is 5.13. The first kappa shape index (κ1) is 22.5. The van der Waals surface area contributed by atoms with Crippen LogP contribution in [0.25, 0.3) is 0 Å². The molecule has 2 rings (SSSR count). The van der Waals surface area contributed by atoms with E-state index in [1.165, 1.54) is 5.43 Å². The molecule has 0 spiro atoms. The Morgan fingerprint density at radius 3 is 2.17 bits per heavy atom. The van der Waals surface area contributed by atoms with Gasteiger partial charge in [-0.25, -0.2) is 10.2 Å². The van der Waals surface area contributed by atoms with E-state index in [0.29, 0.717) is 19.4 Å². The molecule has 0 aliphatic heterocycles. The van der Waals surface area contributed by atoms with E-state index in [9.17, 15) is 27.6 Å². The van der Waals surface area contributed by atoms with E-state index in [1.54, 1.807) is 5.43 Å². The summed E-state index contributed by atoms with van der Waals surface area (Å²) < 4.78 is 36.1. The summed E-state index contributed by atoms with van der Waals surface area (Å²) in [4.78, 5) is 34.4. The van der Waals surface area contributed by atoms with Crippen LogP contribution in [0, 0.1) is 18.8 Å². The number of hydrogen-bond donors (Lipinski definition) is 4. The molecule has 7 nitrogen and oxygen atoms in total. The lowest BCUT2D eigenvalue weighted by Crippen LogP contribution is -2.51. The van der Waals surface area contributed by atoms with Gasteiger partial charge in [-0.05, 0) is 44.1 Å². The van der Waals surface area contributed by atoms with Crippen molar-refractivity contribution in [2.75, 3.05) is 6.54 Å². The van der Waals surface area contributed by atoms with Crippen LogP contribution in [0.4, 0.5) is 18.0 Å². The molecule has 1 saturated carbocycles. The fraction of sp³-hybridized carbons (Fsp3) is 0.526. The SMILES string of the molecule is Cc1ccc(CNC(=O)C2CCC(CNC(=O)NNC(=O)C(F)(F)F)CC2)cc1. The van der Waals surface area contributed by atoms with Gasteiger partial charge in [0.1, 0.15) is 0 Å². The highest BCUT2D eigenvalue weighted by atomic mass is 19.4. The molecule has 0 heterocycles. The number of carbonyl (C=O) groups excluding carboxylic acids is 3. The average molecular weight is 414 g/mol. The molecule has 1 aliphatic carbocycles. The van der Waals surface area contributed by atoms with E-state index < -0.39 is 18.1 Å². The molecule has 1 aromatic carbocycles. The molecule has 4 amide bonds. The zero-order valence-electron chi connectivity index (χ0n) is 16.1. The molecule has 4 N–H and O–H groups in total. The predicted molar refractivity (Wildman–Crippen MR) is 99.2 cm³/mol. The minimum atomic E-state index is -5.06. The highest BCUT2D eigenvalue weighted by molar-refractivity contribution is 5.84. The first-order valence-electron chi connectivity index (χ1n) is 9.39. The molecule has 160 valence electrons. The quantitative estimate of drug-likeness (QED) is 0.557. The van der Waals surface area contributed by atoms with Gasteiger partial charge >= 0.3 is 18.1 Å². The summed E-state index contributed by atoms with van der Waals surface area (Å²) in [6.45, 7) is 2.73. The van der Waals surface area contributed by atoms with Crippen molar-refractivity contribution >= 4 is 17.8 Å². The van der Waals surface area contributed by atoms with E-state index in [4.69, 9.17) is 0 Å². The molecule has 0 atom stereocenters. The lowest BCUT2D eigenvalue weighted by atomic mass is 9.81. The topological polar surface area (TPSA) is 99.3 Å². The molecule has 0 unspecified atom stereocenters. The van der Waals surface area contributed by atoms with Crippen LogP contribution in [0.15, 0.2) is 24.3 Å². The zero-order chi connectivity index (χ0) is 21.4. The van der Waals surface area contributed by atoms with E-state index in [1.807, 2.05) is 31.2 Å². The van der Waals surface area contributed by atoms with Crippen LogP contribution in [0.5, 0.6) is 0 Å². The van der Waals surface area contributed by atoms with Crippen LogP contribution in [-0.2, 0) is 16.1 Å². The van der Waals surface area contributed by atoms with Crippen LogP contribution in [-0.4, -0.2) is 30.6 Å². The highest BCUT2D eigenvalue weighted by Gasteiger charge is 2.39. The number of nitrogens with one attached hydrogen (secondary N) is 4. The Labute approximate surface area is 166 Å². The number of benzene rings is 1. The van der Waals surface area contributed by atoms with Crippen molar-refractivity contribution < 1.29 is 27.6 Å². The third-order valence-corrected chi connectivity index (χ3v) is 4.90. The first-order chi connectivity index (χ1) is 13.6. The molecule has 1 aromatic rings. The highest BCUT2D eigenvalue weighted by Crippen LogP contribution is 2.28. The van der Waals surface area contributed by atoms with Crippen molar-refractivity contribution in [2.24, 2.45) is 11.8 Å². The maximum atomic E-state index is 12.3. The Balaban J connectivity index is 1.63. The number of alkyl halides is 3. The van der Waals surface area contributed by atoms with Gasteiger partial charge in [-0.3, -0.25) is 15.0 Å². The summed E-state index contributed by atoms with van der Waals surface area (Å²) in [6.07, 6.45) is -2.27. The van der Waals surface area contributed by atoms with Crippen LogP contribution in [0.1, 0.15) is 36.8 Å². The van der Waals surface area contributed by atoms with E-state index in [-0.39, 0.29) is 24.3 Å². The number of hydrazine groups is 1. The van der Waals surface area contributed by atoms with Gasteiger partial charge in [0.15, 0.2) is 0 Å². The number of rotatable bonds is 5. The number of aryl methyl sites for hydroxylation is 1. The molecule has 1 aliphatic rings. The minimum absolute atomic E-state index is 0.00425. The second kappa shape index (κ2) is 10.1. The minimum Gasteiger partial charge on any atom is -0.352 e. The van der Waals surface area contributed by atoms with Crippen LogP contribution in [0.2, 0.25) is 0 Å². The van der Waals surface area contributed by atoms with Crippen molar-refractivity contribution in [2.45, 2.75) is 45.3 Å². The van der Waals surface area contributed by atoms with Crippen molar-refractivity contribution in [1.29, 1.82) is 0 Å². The molecule has 0 bridgehead atoms. The fourth-order valence-corrected chi connectivity index (χ4v) is 3.13. The van der Waals surface area contributed by atoms with Gasteiger partial charge in [0.05, 0.1) is 0 Å². The lowest BCUT2D eigenvalue weighted by molar-refractivity contribution is -0.174. The molecule has 10 heteroatoms. The Kier molecular flexibility index (Phi) is 7.86. The third kappa shape index (κ3) is 7.63. The Hall–Kier alpha value is -2.78. The fourth-order valence-electron chi connectivity index (χ4n) is 3.13. The number of carbonyl (C=O) groups is 3. The molecular formula is C19H25F3N4O3. The second-order valence-electron chi connectivity index (χ2n) is 7.21. The maximum Gasteiger partial charge on any atom is 0.472 e. The van der Waals surface area contributed by atoms with Crippen LogP contribution < -0.4 is 21.5 Å². The molecule has 0 saturated heterocycles. The number of amides is 4. The van der Waals surface area contributed by atoms with Gasteiger partial charge in [0, 0.05) is 19.0 Å². The van der Waals surface area contributed by atoms with Crippen molar-refractivity contribution in [3.8, 4) is 0 Å². The normalized spacial score (nSPS) is 19.2. The average Bonchev–Trinajstić information content (AvgIpc) is 2.69. The summed E-state index contributed by atoms with van der Waals surface area (Å²) in [5, 5.41) is 5.36. The van der Waals surface area contributed by atoms with Gasteiger partial charge < -0.3 is 10.6 Å². The number of urea groups is 1. The maximum absolute atomic E-state index is 12.3. The van der Waals surface area contributed by atoms with Gasteiger partial charge in [-0.2, -0.15) is 13.2 Å². The molecule has 29 heavy (non-hydrogen) atoms. The van der Waals surface area contributed by atoms with Gasteiger partial charge in [-0.1, -0.05) is 29.8 Å². The molecule has 0 aromatic heterocycles. The summed E-state index contributed by atoms with van der Waals surface area (Å²) >= 11 is 0. The number of hydrogen-bond acceptors (Lipinski definition) is 3. The Morgan fingerprint density at radius 1 is 0.966 bits per heavy atom. The summed E-state index contributed by atoms with van der Waals surface area (Å²) in [6, 6.07) is 7.01. The Morgan fingerprint density at radius 2 is 1.59 bits per heavy atom. The van der Waals surface area contributed by atoms with E-state index >= 15 is 0 Å². The second-order valence-corrected chi connectivity index (χ2v) is 7.21. The molecule has 0 radical (unpaired) electrons. The molecular weight excluding hydrogens is 389 g/mol. The van der Waals surface area contributed by atoms with Crippen LogP contribution >= 0.6 is 0 Å². The zero-order valence-corrected chi connectivity index (χ0v) is 16.1. The van der Waals surface area contributed by atoms with Crippen molar-refractivity contribution in [3.05, 3.63) is 35.4 Å². The largest absolute Gasteiger partial charge is 0.472 e. The summed E-state index contributed by atoms with van der Waals surface area (Å²) in [5.74, 6) is -2.20.